The molecule has 0 aromatic carbocycles. The summed E-state index contributed by atoms with van der Waals surface area (Å²) < 4.78 is 52.0. The molecule has 1 N–H and O–H groups in total. The van der Waals surface area contributed by atoms with Gasteiger partial charge in [0, 0.05) is 36.0 Å². The van der Waals surface area contributed by atoms with E-state index < -0.39 is 26.1 Å². The second kappa shape index (κ2) is 6.29. The molecular formula is C11H16BrN3O4S2. The highest BCUT2D eigenvalue weighted by Gasteiger charge is 2.31. The predicted octanol–water partition coefficient (Wildman–Crippen LogP) is 0.546. The van der Waals surface area contributed by atoms with E-state index in [9.17, 15) is 16.8 Å². The summed E-state index contributed by atoms with van der Waals surface area (Å²) >= 11 is 3.19. The maximum atomic E-state index is 12.5. The van der Waals surface area contributed by atoms with Crippen LogP contribution in [0.25, 0.3) is 0 Å². The van der Waals surface area contributed by atoms with Crippen LogP contribution < -0.4 is 4.72 Å². The number of hydrogen-bond donors (Lipinski definition) is 1. The standard InChI is InChI=1S/C11H16BrN3O4S2/c1-20(16,17)14-10-3-2-4-15(8-10)21(18,19)11-5-9(12)6-13-7-11/h5-7,10,14H,2-4,8H2,1H3. The molecule has 2 heterocycles. The minimum atomic E-state index is -3.67. The zero-order valence-corrected chi connectivity index (χ0v) is 14.6. The molecule has 1 atom stereocenters. The van der Waals surface area contributed by atoms with Gasteiger partial charge in [-0.05, 0) is 34.8 Å². The summed E-state index contributed by atoms with van der Waals surface area (Å²) in [7, 11) is -7.02. The first-order chi connectivity index (χ1) is 9.68. The number of piperidine rings is 1. The molecule has 1 aliphatic rings. The molecule has 0 amide bonds. The van der Waals surface area contributed by atoms with Crippen molar-refractivity contribution in [1.82, 2.24) is 14.0 Å². The fraction of sp³-hybridized carbons (Fsp3) is 0.545. The lowest BCUT2D eigenvalue weighted by molar-refractivity contribution is 0.303. The largest absolute Gasteiger partial charge is 0.262 e. The summed E-state index contributed by atoms with van der Waals surface area (Å²) in [6.07, 6.45) is 5.08. The smallest absolute Gasteiger partial charge is 0.244 e. The first kappa shape index (κ1) is 16.8. The summed E-state index contributed by atoms with van der Waals surface area (Å²) in [4.78, 5) is 3.95. The van der Waals surface area contributed by atoms with Gasteiger partial charge in [-0.15, -0.1) is 0 Å². The van der Waals surface area contributed by atoms with E-state index in [4.69, 9.17) is 0 Å². The fourth-order valence-electron chi connectivity index (χ4n) is 2.24. The van der Waals surface area contributed by atoms with Crippen molar-refractivity contribution in [2.45, 2.75) is 23.8 Å². The van der Waals surface area contributed by atoms with Crippen molar-refractivity contribution in [2.24, 2.45) is 0 Å². The number of rotatable bonds is 4. The minimum Gasteiger partial charge on any atom is -0.262 e. The quantitative estimate of drug-likeness (QED) is 0.799. The average molecular weight is 398 g/mol. The number of nitrogens with zero attached hydrogens (tertiary/aromatic N) is 2. The molecule has 0 bridgehead atoms. The van der Waals surface area contributed by atoms with Crippen LogP contribution in [-0.2, 0) is 20.0 Å². The lowest BCUT2D eigenvalue weighted by Crippen LogP contribution is -2.49. The second-order valence-corrected chi connectivity index (χ2v) is 9.56. The topological polar surface area (TPSA) is 96.4 Å². The molecule has 1 unspecified atom stereocenters. The Hall–Kier alpha value is -0.550. The van der Waals surface area contributed by atoms with Crippen LogP contribution in [-0.4, -0.2) is 51.5 Å². The van der Waals surface area contributed by atoms with Crippen LogP contribution in [0.4, 0.5) is 0 Å². The zero-order valence-electron chi connectivity index (χ0n) is 11.4. The fourth-order valence-corrected chi connectivity index (χ4v) is 5.07. The third kappa shape index (κ3) is 4.46. The van der Waals surface area contributed by atoms with Gasteiger partial charge in [-0.2, -0.15) is 4.31 Å². The van der Waals surface area contributed by atoms with Crippen molar-refractivity contribution in [3.8, 4) is 0 Å². The van der Waals surface area contributed by atoms with Crippen molar-refractivity contribution in [3.63, 3.8) is 0 Å². The summed E-state index contributed by atoms with van der Waals surface area (Å²) in [6.45, 7) is 0.499. The van der Waals surface area contributed by atoms with Crippen LogP contribution in [0.15, 0.2) is 27.8 Å². The molecule has 7 nitrogen and oxygen atoms in total. The third-order valence-electron chi connectivity index (χ3n) is 3.08. The van der Waals surface area contributed by atoms with Gasteiger partial charge in [0.25, 0.3) is 0 Å². The summed E-state index contributed by atoms with van der Waals surface area (Å²) in [5, 5.41) is 0. The third-order valence-corrected chi connectivity index (χ3v) is 6.11. The SMILES string of the molecule is CS(=O)(=O)NC1CCCN(S(=O)(=O)c2cncc(Br)c2)C1. The molecule has 0 radical (unpaired) electrons. The monoisotopic (exact) mass is 397 g/mol. The van der Waals surface area contributed by atoms with E-state index >= 15 is 0 Å². The Morgan fingerprint density at radius 3 is 2.67 bits per heavy atom. The van der Waals surface area contributed by atoms with Gasteiger partial charge in [0.15, 0.2) is 0 Å². The van der Waals surface area contributed by atoms with Crippen molar-refractivity contribution < 1.29 is 16.8 Å². The van der Waals surface area contributed by atoms with Gasteiger partial charge in [-0.3, -0.25) is 4.98 Å². The highest BCUT2D eigenvalue weighted by Crippen LogP contribution is 2.22. The van der Waals surface area contributed by atoms with Crippen molar-refractivity contribution >= 4 is 36.0 Å². The number of sulfonamides is 2. The van der Waals surface area contributed by atoms with E-state index in [1.807, 2.05) is 0 Å². The normalized spacial score (nSPS) is 21.3. The molecule has 0 aliphatic carbocycles. The molecule has 2 rings (SSSR count). The first-order valence-electron chi connectivity index (χ1n) is 6.26. The van der Waals surface area contributed by atoms with Crippen molar-refractivity contribution in [1.29, 1.82) is 0 Å². The Balaban J connectivity index is 2.20. The molecule has 1 saturated heterocycles. The molecule has 1 aliphatic heterocycles. The van der Waals surface area contributed by atoms with Gasteiger partial charge >= 0.3 is 0 Å². The zero-order chi connectivity index (χ0) is 15.7. The number of nitrogens with one attached hydrogen (secondary N) is 1. The summed E-state index contributed by atoms with van der Waals surface area (Å²) in [5.74, 6) is 0. The number of pyridine rings is 1. The van der Waals surface area contributed by atoms with E-state index in [0.29, 0.717) is 23.9 Å². The van der Waals surface area contributed by atoms with Gasteiger partial charge < -0.3 is 0 Å². The summed E-state index contributed by atoms with van der Waals surface area (Å²) in [5.41, 5.74) is 0. The maximum Gasteiger partial charge on any atom is 0.244 e. The van der Waals surface area contributed by atoms with Crippen LogP contribution in [0.1, 0.15) is 12.8 Å². The van der Waals surface area contributed by atoms with E-state index in [1.54, 1.807) is 0 Å². The van der Waals surface area contributed by atoms with Crippen LogP contribution in [0, 0.1) is 0 Å². The highest BCUT2D eigenvalue weighted by atomic mass is 79.9. The van der Waals surface area contributed by atoms with Gasteiger partial charge in [0.1, 0.15) is 4.90 Å². The molecule has 118 valence electrons. The predicted molar refractivity (Wildman–Crippen MR) is 81.7 cm³/mol. The second-order valence-electron chi connectivity index (χ2n) is 4.93. The van der Waals surface area contributed by atoms with Gasteiger partial charge in [-0.25, -0.2) is 21.6 Å². The van der Waals surface area contributed by atoms with Gasteiger partial charge in [0.05, 0.1) is 6.26 Å². The average Bonchev–Trinajstić information content (AvgIpc) is 2.37. The Morgan fingerprint density at radius 2 is 2.05 bits per heavy atom. The van der Waals surface area contributed by atoms with Crippen molar-refractivity contribution in [3.05, 3.63) is 22.9 Å². The molecule has 1 fully saturated rings. The molecule has 1 aromatic rings. The lowest BCUT2D eigenvalue weighted by atomic mass is 10.1. The number of hydrogen-bond acceptors (Lipinski definition) is 5. The Morgan fingerprint density at radius 1 is 1.33 bits per heavy atom. The van der Waals surface area contributed by atoms with Crippen LogP contribution in [0.3, 0.4) is 0 Å². The molecule has 0 saturated carbocycles. The maximum absolute atomic E-state index is 12.5. The lowest BCUT2D eigenvalue weighted by Gasteiger charge is -2.31. The van der Waals surface area contributed by atoms with E-state index in [1.165, 1.54) is 22.8 Å². The number of halogens is 1. The van der Waals surface area contributed by atoms with Crippen molar-refractivity contribution in [2.75, 3.05) is 19.3 Å². The molecular weight excluding hydrogens is 382 g/mol. The molecule has 21 heavy (non-hydrogen) atoms. The van der Waals surface area contributed by atoms with E-state index in [0.717, 1.165) is 6.26 Å². The van der Waals surface area contributed by atoms with E-state index in [2.05, 4.69) is 25.6 Å². The van der Waals surface area contributed by atoms with E-state index in [-0.39, 0.29) is 11.4 Å². The molecule has 10 heteroatoms. The van der Waals surface area contributed by atoms with Crippen LogP contribution >= 0.6 is 15.9 Å². The Kier molecular flexibility index (Phi) is 5.03. The first-order valence-corrected chi connectivity index (χ1v) is 10.4. The van der Waals surface area contributed by atoms with Crippen LogP contribution in [0.2, 0.25) is 0 Å². The minimum absolute atomic E-state index is 0.0943. The van der Waals surface area contributed by atoms with Gasteiger partial charge in [-0.1, -0.05) is 0 Å². The number of aromatic nitrogens is 1. The Labute approximate surface area is 133 Å². The Bertz CT molecular complexity index is 721. The summed E-state index contributed by atoms with van der Waals surface area (Å²) in [6, 6.07) is 1.08. The molecule has 1 aromatic heterocycles. The van der Waals surface area contributed by atoms with Crippen LogP contribution in [0.5, 0.6) is 0 Å². The molecule has 0 spiro atoms. The highest BCUT2D eigenvalue weighted by molar-refractivity contribution is 9.10. The van der Waals surface area contributed by atoms with Gasteiger partial charge in [0.2, 0.25) is 20.0 Å².